The molecular weight excluding hydrogens is 342 g/mol. The average Bonchev–Trinajstić information content (AvgIpc) is 2.41. The van der Waals surface area contributed by atoms with Crippen LogP contribution in [0.4, 0.5) is 5.82 Å². The Morgan fingerprint density at radius 1 is 1.35 bits per heavy atom. The molecule has 0 aromatic carbocycles. The molecule has 0 atom stereocenters. The summed E-state index contributed by atoms with van der Waals surface area (Å²) < 4.78 is 28.5. The maximum Gasteiger partial charge on any atom is 0.244 e. The molecule has 20 heavy (non-hydrogen) atoms. The van der Waals surface area contributed by atoms with E-state index in [1.165, 1.54) is 6.42 Å². The van der Waals surface area contributed by atoms with Crippen molar-refractivity contribution >= 4 is 31.8 Å². The van der Waals surface area contributed by atoms with E-state index >= 15 is 0 Å². The maximum atomic E-state index is 12.5. The number of pyridine rings is 1. The molecule has 0 spiro atoms. The topological polar surface area (TPSA) is 71.1 Å². The van der Waals surface area contributed by atoms with Crippen molar-refractivity contribution in [1.29, 1.82) is 0 Å². The van der Waals surface area contributed by atoms with Gasteiger partial charge < -0.3 is 5.32 Å². The van der Waals surface area contributed by atoms with E-state index in [2.05, 4.69) is 31.0 Å². The quantitative estimate of drug-likeness (QED) is 0.845. The molecule has 2 N–H and O–H groups in total. The van der Waals surface area contributed by atoms with Gasteiger partial charge in [-0.05, 0) is 41.8 Å². The highest BCUT2D eigenvalue weighted by Crippen LogP contribution is 2.25. The van der Waals surface area contributed by atoms with Crippen molar-refractivity contribution in [3.63, 3.8) is 0 Å². The molecule has 1 fully saturated rings. The number of nitrogens with one attached hydrogen (secondary N) is 2. The zero-order valence-corrected chi connectivity index (χ0v) is 13.9. The summed E-state index contributed by atoms with van der Waals surface area (Å²) in [4.78, 5) is 4.36. The standard InChI is InChI=1S/C13H20BrN3O2S/c1-2-15-13-12(8-10(14)9-16-13)20(18,19)17-11-6-4-3-5-7-11/h8-9,11,17H,2-7H2,1H3,(H,15,16). The molecule has 0 saturated heterocycles. The maximum absolute atomic E-state index is 12.5. The van der Waals surface area contributed by atoms with Crippen molar-refractivity contribution in [3.05, 3.63) is 16.7 Å². The zero-order chi connectivity index (χ0) is 14.6. The molecule has 0 bridgehead atoms. The first-order valence-corrected chi connectivity index (χ1v) is 9.22. The van der Waals surface area contributed by atoms with E-state index < -0.39 is 10.0 Å². The summed E-state index contributed by atoms with van der Waals surface area (Å²) in [5.41, 5.74) is 0. The van der Waals surface area contributed by atoms with Crippen molar-refractivity contribution in [2.24, 2.45) is 0 Å². The van der Waals surface area contributed by atoms with Crippen LogP contribution in [0.1, 0.15) is 39.0 Å². The molecule has 1 heterocycles. The number of anilines is 1. The molecule has 0 unspecified atom stereocenters. The van der Waals surface area contributed by atoms with Gasteiger partial charge in [-0.3, -0.25) is 0 Å². The fourth-order valence-corrected chi connectivity index (χ4v) is 4.37. The van der Waals surface area contributed by atoms with Crippen LogP contribution >= 0.6 is 15.9 Å². The van der Waals surface area contributed by atoms with E-state index in [0.29, 0.717) is 16.8 Å². The monoisotopic (exact) mass is 361 g/mol. The molecule has 5 nitrogen and oxygen atoms in total. The molecule has 1 aliphatic carbocycles. The minimum absolute atomic E-state index is 0.0437. The Labute approximate surface area is 128 Å². The van der Waals surface area contributed by atoms with Gasteiger partial charge in [-0.2, -0.15) is 0 Å². The lowest BCUT2D eigenvalue weighted by Gasteiger charge is -2.23. The molecule has 1 aromatic rings. The molecule has 7 heteroatoms. The summed E-state index contributed by atoms with van der Waals surface area (Å²) in [6.45, 7) is 2.54. The van der Waals surface area contributed by atoms with Gasteiger partial charge in [-0.25, -0.2) is 18.1 Å². The van der Waals surface area contributed by atoms with Gasteiger partial charge in [0.25, 0.3) is 0 Å². The van der Waals surface area contributed by atoms with Gasteiger partial charge in [0.15, 0.2) is 0 Å². The average molecular weight is 362 g/mol. The summed E-state index contributed by atoms with van der Waals surface area (Å²) in [7, 11) is -3.54. The molecule has 0 amide bonds. The summed E-state index contributed by atoms with van der Waals surface area (Å²) in [6, 6.07) is 1.64. The SMILES string of the molecule is CCNc1ncc(Br)cc1S(=O)(=O)NC1CCCCC1. The number of hydrogen-bond acceptors (Lipinski definition) is 4. The van der Waals surface area contributed by atoms with Crippen LogP contribution in [0.15, 0.2) is 21.6 Å². The van der Waals surface area contributed by atoms with Crippen LogP contribution in [-0.2, 0) is 10.0 Å². The second-order valence-corrected chi connectivity index (χ2v) is 7.58. The van der Waals surface area contributed by atoms with Gasteiger partial charge in [0, 0.05) is 23.3 Å². The van der Waals surface area contributed by atoms with Gasteiger partial charge in [0.05, 0.1) is 0 Å². The number of sulfonamides is 1. The summed E-state index contributed by atoms with van der Waals surface area (Å²) in [6.07, 6.45) is 6.79. The minimum Gasteiger partial charge on any atom is -0.369 e. The lowest BCUT2D eigenvalue weighted by Crippen LogP contribution is -2.36. The largest absolute Gasteiger partial charge is 0.369 e. The Morgan fingerprint density at radius 2 is 2.05 bits per heavy atom. The normalized spacial score (nSPS) is 17.1. The predicted molar refractivity (Wildman–Crippen MR) is 83.3 cm³/mol. The second-order valence-electron chi connectivity index (χ2n) is 4.99. The van der Waals surface area contributed by atoms with Crippen molar-refractivity contribution in [3.8, 4) is 0 Å². The Bertz CT molecular complexity index is 557. The van der Waals surface area contributed by atoms with E-state index in [9.17, 15) is 8.42 Å². The van der Waals surface area contributed by atoms with E-state index in [1.54, 1.807) is 12.3 Å². The van der Waals surface area contributed by atoms with Gasteiger partial charge in [0.2, 0.25) is 10.0 Å². The number of rotatable bonds is 5. The Morgan fingerprint density at radius 3 is 2.70 bits per heavy atom. The lowest BCUT2D eigenvalue weighted by atomic mass is 9.96. The highest BCUT2D eigenvalue weighted by Gasteiger charge is 2.25. The first kappa shape index (κ1) is 15.7. The molecule has 112 valence electrons. The summed E-state index contributed by atoms with van der Waals surface area (Å²) in [5.74, 6) is 0.402. The summed E-state index contributed by atoms with van der Waals surface area (Å²) >= 11 is 3.28. The number of aromatic nitrogens is 1. The third-order valence-electron chi connectivity index (χ3n) is 3.38. The van der Waals surface area contributed by atoms with Crippen LogP contribution in [0.3, 0.4) is 0 Å². The van der Waals surface area contributed by atoms with Crippen LogP contribution in [-0.4, -0.2) is 26.0 Å². The third kappa shape index (κ3) is 3.93. The highest BCUT2D eigenvalue weighted by molar-refractivity contribution is 9.10. The zero-order valence-electron chi connectivity index (χ0n) is 11.5. The van der Waals surface area contributed by atoms with Gasteiger partial charge >= 0.3 is 0 Å². The molecular formula is C13H20BrN3O2S. The van der Waals surface area contributed by atoms with Crippen molar-refractivity contribution in [2.75, 3.05) is 11.9 Å². The van der Waals surface area contributed by atoms with E-state index in [0.717, 1.165) is 25.7 Å². The first-order valence-electron chi connectivity index (χ1n) is 6.94. The third-order valence-corrected chi connectivity index (χ3v) is 5.35. The predicted octanol–water partition coefficient (Wildman–Crippen LogP) is 2.89. The molecule has 1 aliphatic rings. The van der Waals surface area contributed by atoms with Crippen molar-refractivity contribution in [1.82, 2.24) is 9.71 Å². The number of hydrogen-bond donors (Lipinski definition) is 2. The molecule has 1 saturated carbocycles. The van der Waals surface area contributed by atoms with Crippen molar-refractivity contribution in [2.45, 2.75) is 50.0 Å². The van der Waals surface area contributed by atoms with E-state index in [-0.39, 0.29) is 10.9 Å². The Hall–Kier alpha value is -0.660. The van der Waals surface area contributed by atoms with Crippen molar-refractivity contribution < 1.29 is 8.42 Å². The molecule has 1 aromatic heterocycles. The van der Waals surface area contributed by atoms with Crippen LogP contribution in [0.2, 0.25) is 0 Å². The van der Waals surface area contributed by atoms with Crippen LogP contribution < -0.4 is 10.0 Å². The molecule has 0 radical (unpaired) electrons. The fraction of sp³-hybridized carbons (Fsp3) is 0.615. The van der Waals surface area contributed by atoms with Crippen LogP contribution in [0.5, 0.6) is 0 Å². The molecule has 2 rings (SSSR count). The smallest absolute Gasteiger partial charge is 0.244 e. The van der Waals surface area contributed by atoms with E-state index in [4.69, 9.17) is 0 Å². The number of halogens is 1. The van der Waals surface area contributed by atoms with Gasteiger partial charge in [-0.15, -0.1) is 0 Å². The molecule has 0 aliphatic heterocycles. The second kappa shape index (κ2) is 6.87. The fourth-order valence-electron chi connectivity index (χ4n) is 2.43. The minimum atomic E-state index is -3.54. The Balaban J connectivity index is 2.25. The first-order chi connectivity index (χ1) is 9.53. The lowest BCUT2D eigenvalue weighted by molar-refractivity contribution is 0.412. The Kier molecular flexibility index (Phi) is 5.40. The van der Waals surface area contributed by atoms with Crippen LogP contribution in [0, 0.1) is 0 Å². The van der Waals surface area contributed by atoms with Gasteiger partial charge in [0.1, 0.15) is 10.7 Å². The summed E-state index contributed by atoms with van der Waals surface area (Å²) in [5, 5.41) is 3.00. The number of nitrogens with zero attached hydrogens (tertiary/aromatic N) is 1. The highest BCUT2D eigenvalue weighted by atomic mass is 79.9. The van der Waals surface area contributed by atoms with Crippen LogP contribution in [0.25, 0.3) is 0 Å². The van der Waals surface area contributed by atoms with E-state index in [1.807, 2.05) is 6.92 Å². The van der Waals surface area contributed by atoms with Gasteiger partial charge in [-0.1, -0.05) is 19.3 Å².